The summed E-state index contributed by atoms with van der Waals surface area (Å²) >= 11 is 0. The van der Waals surface area contributed by atoms with Crippen molar-refractivity contribution in [2.24, 2.45) is 5.73 Å². The molecule has 4 nitrogen and oxygen atoms in total. The molecule has 1 atom stereocenters. The molecule has 1 aromatic rings. The molecule has 2 rings (SSSR count). The second-order valence-corrected chi connectivity index (χ2v) is 5.21. The number of hydrogen-bond donors (Lipinski definition) is 1. The first-order valence-corrected chi connectivity index (χ1v) is 6.99. The number of benzene rings is 1. The van der Waals surface area contributed by atoms with E-state index in [2.05, 4.69) is 24.9 Å². The van der Waals surface area contributed by atoms with Crippen molar-refractivity contribution in [3.05, 3.63) is 24.3 Å². The van der Waals surface area contributed by atoms with Gasteiger partial charge in [0.2, 0.25) is 5.91 Å². The standard InChI is InChI=1S/C15H23N3O/c1-3-6-12(16)11-15(19)18-10-9-17(2)13-7-4-5-8-14(13)18/h4-5,7-8,12H,3,6,9-11,16H2,1-2H3. The Morgan fingerprint density at radius 1 is 1.32 bits per heavy atom. The number of nitrogens with zero attached hydrogens (tertiary/aromatic N) is 2. The molecule has 0 aromatic heterocycles. The van der Waals surface area contributed by atoms with E-state index < -0.39 is 0 Å². The van der Waals surface area contributed by atoms with Crippen molar-refractivity contribution < 1.29 is 4.79 Å². The molecule has 1 aromatic carbocycles. The van der Waals surface area contributed by atoms with Crippen LogP contribution in [0.5, 0.6) is 0 Å². The third-order valence-electron chi connectivity index (χ3n) is 3.64. The van der Waals surface area contributed by atoms with E-state index in [9.17, 15) is 4.79 Å². The van der Waals surface area contributed by atoms with Crippen LogP contribution in [-0.2, 0) is 4.79 Å². The largest absolute Gasteiger partial charge is 0.371 e. The van der Waals surface area contributed by atoms with Gasteiger partial charge in [0, 0.05) is 32.6 Å². The monoisotopic (exact) mass is 261 g/mol. The summed E-state index contributed by atoms with van der Waals surface area (Å²) < 4.78 is 0. The van der Waals surface area contributed by atoms with E-state index in [-0.39, 0.29) is 11.9 Å². The van der Waals surface area contributed by atoms with Crippen LogP contribution in [0.2, 0.25) is 0 Å². The Balaban J connectivity index is 2.13. The van der Waals surface area contributed by atoms with Crippen molar-refractivity contribution in [1.29, 1.82) is 0 Å². The Kier molecular flexibility index (Phi) is 4.43. The van der Waals surface area contributed by atoms with E-state index >= 15 is 0 Å². The van der Waals surface area contributed by atoms with Gasteiger partial charge in [0.05, 0.1) is 11.4 Å². The average molecular weight is 261 g/mol. The van der Waals surface area contributed by atoms with E-state index in [4.69, 9.17) is 5.73 Å². The third-order valence-corrected chi connectivity index (χ3v) is 3.64. The van der Waals surface area contributed by atoms with E-state index in [1.54, 1.807) is 0 Å². The van der Waals surface area contributed by atoms with E-state index in [0.29, 0.717) is 6.42 Å². The minimum Gasteiger partial charge on any atom is -0.371 e. The normalized spacial score (nSPS) is 16.2. The molecule has 0 spiro atoms. The van der Waals surface area contributed by atoms with Gasteiger partial charge in [-0.3, -0.25) is 4.79 Å². The second kappa shape index (κ2) is 6.06. The molecule has 0 radical (unpaired) electrons. The van der Waals surface area contributed by atoms with Gasteiger partial charge >= 0.3 is 0 Å². The second-order valence-electron chi connectivity index (χ2n) is 5.21. The molecular weight excluding hydrogens is 238 g/mol. The van der Waals surface area contributed by atoms with Gasteiger partial charge in [0.1, 0.15) is 0 Å². The van der Waals surface area contributed by atoms with Crippen molar-refractivity contribution >= 4 is 17.3 Å². The molecule has 2 N–H and O–H groups in total. The lowest BCUT2D eigenvalue weighted by atomic mass is 10.1. The lowest BCUT2D eigenvalue weighted by Crippen LogP contribution is -2.44. The number of carbonyl (C=O) groups is 1. The zero-order valence-corrected chi connectivity index (χ0v) is 11.8. The zero-order chi connectivity index (χ0) is 13.8. The van der Waals surface area contributed by atoms with Crippen molar-refractivity contribution in [2.45, 2.75) is 32.2 Å². The highest BCUT2D eigenvalue weighted by atomic mass is 16.2. The molecule has 1 amide bonds. The van der Waals surface area contributed by atoms with Gasteiger partial charge in [-0.1, -0.05) is 25.5 Å². The number of para-hydroxylation sites is 2. The number of carbonyl (C=O) groups excluding carboxylic acids is 1. The number of nitrogens with two attached hydrogens (primary N) is 1. The quantitative estimate of drug-likeness (QED) is 0.901. The summed E-state index contributed by atoms with van der Waals surface area (Å²) in [4.78, 5) is 16.4. The minimum atomic E-state index is -0.0238. The first kappa shape index (κ1) is 13.9. The predicted octanol–water partition coefficient (Wildman–Crippen LogP) is 1.99. The SMILES string of the molecule is CCCC(N)CC(=O)N1CCN(C)c2ccccc21. The van der Waals surface area contributed by atoms with E-state index in [0.717, 1.165) is 37.3 Å². The summed E-state index contributed by atoms with van der Waals surface area (Å²) in [7, 11) is 2.06. The summed E-state index contributed by atoms with van der Waals surface area (Å²) in [5, 5.41) is 0. The third kappa shape index (κ3) is 3.07. The van der Waals surface area contributed by atoms with Crippen LogP contribution in [0.3, 0.4) is 0 Å². The fourth-order valence-corrected chi connectivity index (χ4v) is 2.57. The number of amides is 1. The molecule has 0 aliphatic carbocycles. The molecule has 4 heteroatoms. The molecule has 104 valence electrons. The number of fused-ring (bicyclic) bond motifs is 1. The van der Waals surface area contributed by atoms with Crippen LogP contribution in [0, 0.1) is 0 Å². The molecule has 0 saturated heterocycles. The maximum atomic E-state index is 12.4. The van der Waals surface area contributed by atoms with Crippen molar-refractivity contribution in [3.8, 4) is 0 Å². The Labute approximate surface area is 115 Å². The van der Waals surface area contributed by atoms with Gasteiger partial charge in [-0.15, -0.1) is 0 Å². The van der Waals surface area contributed by atoms with Crippen LogP contribution in [0.4, 0.5) is 11.4 Å². The van der Waals surface area contributed by atoms with Gasteiger partial charge in [-0.2, -0.15) is 0 Å². The average Bonchev–Trinajstić information content (AvgIpc) is 2.39. The number of hydrogen-bond acceptors (Lipinski definition) is 3. The molecular formula is C15H23N3O. The molecule has 19 heavy (non-hydrogen) atoms. The van der Waals surface area contributed by atoms with Crippen LogP contribution in [0.25, 0.3) is 0 Å². The highest BCUT2D eigenvalue weighted by Crippen LogP contribution is 2.32. The highest BCUT2D eigenvalue weighted by Gasteiger charge is 2.25. The number of likely N-dealkylation sites (N-methyl/N-ethyl adjacent to an activating group) is 1. The van der Waals surface area contributed by atoms with Crippen LogP contribution >= 0.6 is 0 Å². The maximum absolute atomic E-state index is 12.4. The Morgan fingerprint density at radius 3 is 2.68 bits per heavy atom. The van der Waals surface area contributed by atoms with Gasteiger partial charge in [0.15, 0.2) is 0 Å². The van der Waals surface area contributed by atoms with Crippen LogP contribution in [0.15, 0.2) is 24.3 Å². The van der Waals surface area contributed by atoms with Gasteiger partial charge in [-0.05, 0) is 18.6 Å². The van der Waals surface area contributed by atoms with Gasteiger partial charge in [0.25, 0.3) is 0 Å². The van der Waals surface area contributed by atoms with Crippen LogP contribution in [-0.4, -0.2) is 32.1 Å². The molecule has 1 heterocycles. The van der Waals surface area contributed by atoms with Crippen molar-refractivity contribution in [1.82, 2.24) is 0 Å². The lowest BCUT2D eigenvalue weighted by molar-refractivity contribution is -0.119. The van der Waals surface area contributed by atoms with Gasteiger partial charge in [-0.25, -0.2) is 0 Å². The van der Waals surface area contributed by atoms with Crippen LogP contribution in [0.1, 0.15) is 26.2 Å². The first-order chi connectivity index (χ1) is 9.13. The molecule has 1 unspecified atom stereocenters. The summed E-state index contributed by atoms with van der Waals surface area (Å²) in [6, 6.07) is 8.02. The van der Waals surface area contributed by atoms with Gasteiger partial charge < -0.3 is 15.5 Å². The topological polar surface area (TPSA) is 49.6 Å². The van der Waals surface area contributed by atoms with E-state index in [1.807, 2.05) is 23.1 Å². The van der Waals surface area contributed by atoms with Crippen LogP contribution < -0.4 is 15.5 Å². The van der Waals surface area contributed by atoms with Crippen molar-refractivity contribution in [3.63, 3.8) is 0 Å². The number of rotatable bonds is 4. The fourth-order valence-electron chi connectivity index (χ4n) is 2.57. The molecule has 0 fully saturated rings. The van der Waals surface area contributed by atoms with Crippen molar-refractivity contribution in [2.75, 3.05) is 29.9 Å². The predicted molar refractivity (Wildman–Crippen MR) is 79.6 cm³/mol. The smallest absolute Gasteiger partial charge is 0.228 e. The van der Waals surface area contributed by atoms with E-state index in [1.165, 1.54) is 0 Å². The first-order valence-electron chi connectivity index (χ1n) is 6.99. The maximum Gasteiger partial charge on any atom is 0.228 e. The highest BCUT2D eigenvalue weighted by molar-refractivity contribution is 5.98. The molecule has 1 aliphatic heterocycles. The summed E-state index contributed by atoms with van der Waals surface area (Å²) in [6.07, 6.45) is 2.36. The Bertz CT molecular complexity index is 447. The molecule has 0 saturated carbocycles. The Hall–Kier alpha value is -1.55. The number of anilines is 2. The minimum absolute atomic E-state index is 0.0238. The summed E-state index contributed by atoms with van der Waals surface area (Å²) in [5.41, 5.74) is 8.10. The zero-order valence-electron chi connectivity index (χ0n) is 11.8. The molecule has 0 bridgehead atoms. The summed E-state index contributed by atoms with van der Waals surface area (Å²) in [6.45, 7) is 3.70. The lowest BCUT2D eigenvalue weighted by Gasteiger charge is -2.36. The summed E-state index contributed by atoms with van der Waals surface area (Å²) in [5.74, 6) is 0.140. The molecule has 1 aliphatic rings. The fraction of sp³-hybridized carbons (Fsp3) is 0.533. The Morgan fingerprint density at radius 2 is 2.00 bits per heavy atom.